The maximum atomic E-state index is 13.1. The summed E-state index contributed by atoms with van der Waals surface area (Å²) in [7, 11) is 0. The number of terminal acetylenes is 1. The van der Waals surface area contributed by atoms with Gasteiger partial charge >= 0.3 is 0 Å². The Morgan fingerprint density at radius 2 is 2.21 bits per heavy atom. The maximum Gasteiger partial charge on any atom is 0.280 e. The van der Waals surface area contributed by atoms with Crippen molar-refractivity contribution in [1.29, 1.82) is 0 Å². The summed E-state index contributed by atoms with van der Waals surface area (Å²) in [6.45, 7) is 0. The number of hydrogen-bond donors (Lipinski definition) is 2. The number of pyridine rings is 1. The van der Waals surface area contributed by atoms with Crippen molar-refractivity contribution in [3.63, 3.8) is 0 Å². The van der Waals surface area contributed by atoms with Gasteiger partial charge in [-0.15, -0.1) is 6.42 Å². The molecule has 0 aliphatic heterocycles. The van der Waals surface area contributed by atoms with Crippen LogP contribution in [0.1, 0.15) is 37.8 Å². The van der Waals surface area contributed by atoms with E-state index in [1.54, 1.807) is 18.2 Å². The molecule has 126 valence electrons. The molecule has 24 heavy (non-hydrogen) atoms. The molecular formula is C18H17ClF2N2O. The second kappa shape index (κ2) is 6.54. The number of aromatic nitrogens is 1. The van der Waals surface area contributed by atoms with Gasteiger partial charge in [0.2, 0.25) is 0 Å². The van der Waals surface area contributed by atoms with Gasteiger partial charge in [0, 0.05) is 28.6 Å². The molecule has 1 aliphatic rings. The van der Waals surface area contributed by atoms with Crippen LogP contribution < -0.4 is 5.32 Å². The summed E-state index contributed by atoms with van der Waals surface area (Å²) in [5.74, 6) is 2.43. The number of nitrogens with zero attached hydrogens (tertiary/aromatic N) is 1. The number of rotatable bonds is 3. The van der Waals surface area contributed by atoms with Crippen LogP contribution in [-0.4, -0.2) is 21.7 Å². The largest absolute Gasteiger partial charge is 0.382 e. The Kier molecular flexibility index (Phi) is 4.62. The van der Waals surface area contributed by atoms with E-state index >= 15 is 0 Å². The zero-order valence-corrected chi connectivity index (χ0v) is 13.7. The Balaban J connectivity index is 1.98. The highest BCUT2D eigenvalue weighted by atomic mass is 35.5. The van der Waals surface area contributed by atoms with Gasteiger partial charge in [0.05, 0.1) is 5.52 Å². The van der Waals surface area contributed by atoms with Crippen molar-refractivity contribution in [2.24, 2.45) is 0 Å². The van der Waals surface area contributed by atoms with E-state index in [9.17, 15) is 13.9 Å². The van der Waals surface area contributed by atoms with Crippen molar-refractivity contribution in [3.8, 4) is 12.3 Å². The van der Waals surface area contributed by atoms with Gasteiger partial charge in [-0.3, -0.25) is 0 Å². The Bertz CT molecular complexity index is 805. The van der Waals surface area contributed by atoms with Crippen molar-refractivity contribution >= 4 is 28.2 Å². The van der Waals surface area contributed by atoms with Crippen LogP contribution in [0.3, 0.4) is 0 Å². The minimum absolute atomic E-state index is 0.102. The molecule has 6 heteroatoms. The fourth-order valence-corrected chi connectivity index (χ4v) is 3.35. The fourth-order valence-electron chi connectivity index (χ4n) is 3.18. The second-order valence-electron chi connectivity index (χ2n) is 6.17. The summed E-state index contributed by atoms with van der Waals surface area (Å²) in [6.07, 6.45) is 5.24. The molecule has 1 saturated carbocycles. The smallest absolute Gasteiger partial charge is 0.280 e. The zero-order valence-electron chi connectivity index (χ0n) is 12.9. The third-order valence-electron chi connectivity index (χ3n) is 4.37. The lowest BCUT2D eigenvalue weighted by atomic mass is 9.82. The van der Waals surface area contributed by atoms with Gasteiger partial charge in [0.25, 0.3) is 6.43 Å². The Morgan fingerprint density at radius 3 is 2.92 bits per heavy atom. The number of hydrogen-bond acceptors (Lipinski definition) is 3. The number of benzene rings is 1. The molecule has 0 saturated heterocycles. The molecular weight excluding hydrogens is 334 g/mol. The SMILES string of the molecule is C#CC1(O)CCCC(Nc2cc(C(F)F)nc3ccc(Cl)cc23)C1. The average Bonchev–Trinajstić information content (AvgIpc) is 2.55. The van der Waals surface area contributed by atoms with Crippen molar-refractivity contribution < 1.29 is 13.9 Å². The molecule has 2 unspecified atom stereocenters. The number of aliphatic hydroxyl groups is 1. The van der Waals surface area contributed by atoms with Crippen LogP contribution in [-0.2, 0) is 0 Å². The highest BCUT2D eigenvalue weighted by molar-refractivity contribution is 6.31. The lowest BCUT2D eigenvalue weighted by Gasteiger charge is -2.34. The molecule has 3 nitrogen and oxygen atoms in total. The van der Waals surface area contributed by atoms with Crippen LogP contribution in [0.2, 0.25) is 5.02 Å². The van der Waals surface area contributed by atoms with Crippen LogP contribution in [0.25, 0.3) is 10.9 Å². The minimum atomic E-state index is -2.67. The third-order valence-corrected chi connectivity index (χ3v) is 4.60. The van der Waals surface area contributed by atoms with E-state index in [1.807, 2.05) is 0 Å². The summed E-state index contributed by atoms with van der Waals surface area (Å²) in [6, 6.07) is 6.17. The first-order valence-electron chi connectivity index (χ1n) is 7.75. The average molecular weight is 351 g/mol. The number of halogens is 3. The molecule has 3 rings (SSSR count). The Labute approximate surface area is 144 Å². The summed E-state index contributed by atoms with van der Waals surface area (Å²) in [4.78, 5) is 3.98. The van der Waals surface area contributed by atoms with Crippen molar-refractivity contribution in [2.45, 2.75) is 43.8 Å². The number of nitrogens with one attached hydrogen (secondary N) is 1. The van der Waals surface area contributed by atoms with Crippen molar-refractivity contribution in [3.05, 3.63) is 35.0 Å². The molecule has 1 aromatic carbocycles. The van der Waals surface area contributed by atoms with Gasteiger partial charge in [-0.05, 0) is 43.5 Å². The standard InChI is InChI=1S/C18H17ClF2N2O/c1-2-18(24)7-3-4-12(10-18)22-15-9-16(17(20)21)23-14-6-5-11(19)8-13(14)15/h1,5-6,8-9,12,17,24H,3-4,7,10H2,(H,22,23). The van der Waals surface area contributed by atoms with Gasteiger partial charge in [-0.25, -0.2) is 13.8 Å². The first-order valence-corrected chi connectivity index (χ1v) is 8.13. The van der Waals surface area contributed by atoms with Gasteiger partial charge in [0.1, 0.15) is 11.3 Å². The number of alkyl halides is 2. The molecule has 0 bridgehead atoms. The number of anilines is 1. The van der Waals surface area contributed by atoms with Gasteiger partial charge in [-0.1, -0.05) is 17.5 Å². The first kappa shape index (κ1) is 16.9. The molecule has 1 heterocycles. The predicted octanol–water partition coefficient (Wildman–Crippen LogP) is 4.54. The predicted molar refractivity (Wildman–Crippen MR) is 91.4 cm³/mol. The van der Waals surface area contributed by atoms with Crippen molar-refractivity contribution in [2.75, 3.05) is 5.32 Å². The fraction of sp³-hybridized carbons (Fsp3) is 0.389. The topological polar surface area (TPSA) is 45.1 Å². The van der Waals surface area contributed by atoms with Crippen LogP contribution in [0.5, 0.6) is 0 Å². The Hall–Kier alpha value is -1.90. The highest BCUT2D eigenvalue weighted by Gasteiger charge is 2.32. The summed E-state index contributed by atoms with van der Waals surface area (Å²) < 4.78 is 26.3. The normalized spacial score (nSPS) is 24.1. The van der Waals surface area contributed by atoms with Crippen molar-refractivity contribution in [1.82, 2.24) is 4.98 Å². The zero-order chi connectivity index (χ0) is 17.3. The Morgan fingerprint density at radius 1 is 1.42 bits per heavy atom. The lowest BCUT2D eigenvalue weighted by molar-refractivity contribution is 0.0563. The number of fused-ring (bicyclic) bond motifs is 1. The van der Waals surface area contributed by atoms with E-state index in [0.717, 1.165) is 12.8 Å². The molecule has 0 radical (unpaired) electrons. The summed E-state index contributed by atoms with van der Waals surface area (Å²) in [5.41, 5.74) is -0.468. The minimum Gasteiger partial charge on any atom is -0.382 e. The van der Waals surface area contributed by atoms with Crippen LogP contribution in [0, 0.1) is 12.3 Å². The molecule has 2 aromatic rings. The second-order valence-corrected chi connectivity index (χ2v) is 6.61. The molecule has 1 fully saturated rings. The third kappa shape index (κ3) is 3.45. The first-order chi connectivity index (χ1) is 11.4. The summed E-state index contributed by atoms with van der Waals surface area (Å²) >= 11 is 6.03. The summed E-state index contributed by atoms with van der Waals surface area (Å²) in [5, 5.41) is 14.7. The van der Waals surface area contributed by atoms with Crippen LogP contribution in [0.15, 0.2) is 24.3 Å². The van der Waals surface area contributed by atoms with E-state index < -0.39 is 12.0 Å². The molecule has 2 atom stereocenters. The highest BCUT2D eigenvalue weighted by Crippen LogP contribution is 2.34. The van der Waals surface area contributed by atoms with E-state index in [2.05, 4.69) is 16.2 Å². The molecule has 1 aromatic heterocycles. The van der Waals surface area contributed by atoms with E-state index in [1.165, 1.54) is 6.07 Å². The molecule has 0 spiro atoms. The van der Waals surface area contributed by atoms with E-state index in [4.69, 9.17) is 18.0 Å². The lowest BCUT2D eigenvalue weighted by Crippen LogP contribution is -2.39. The van der Waals surface area contributed by atoms with E-state index in [0.29, 0.717) is 34.5 Å². The quantitative estimate of drug-likeness (QED) is 0.798. The molecule has 0 amide bonds. The maximum absolute atomic E-state index is 13.1. The van der Waals surface area contributed by atoms with E-state index in [-0.39, 0.29) is 11.7 Å². The molecule has 1 aliphatic carbocycles. The van der Waals surface area contributed by atoms with Gasteiger partial charge < -0.3 is 10.4 Å². The van der Waals surface area contributed by atoms with Crippen LogP contribution in [0.4, 0.5) is 14.5 Å². The van der Waals surface area contributed by atoms with Gasteiger partial charge in [0.15, 0.2) is 0 Å². The monoisotopic (exact) mass is 350 g/mol. The molecule has 2 N–H and O–H groups in total. The van der Waals surface area contributed by atoms with Gasteiger partial charge in [-0.2, -0.15) is 0 Å². The van der Waals surface area contributed by atoms with Crippen LogP contribution >= 0.6 is 11.6 Å².